The molecule has 7 heteroatoms. The molecule has 1 aromatic heterocycles. The third kappa shape index (κ3) is 5.68. The molecule has 0 bridgehead atoms. The average molecular weight is 289 g/mol. The summed E-state index contributed by atoms with van der Waals surface area (Å²) in [5, 5.41) is 7.70. The van der Waals surface area contributed by atoms with Gasteiger partial charge in [0, 0.05) is 0 Å². The van der Waals surface area contributed by atoms with Crippen LogP contribution >= 0.6 is 23.1 Å². The zero-order valence-corrected chi connectivity index (χ0v) is 12.4. The number of thioether (sulfide) groups is 1. The van der Waals surface area contributed by atoms with Crippen LogP contribution in [0.3, 0.4) is 0 Å². The Balaban J connectivity index is 2.20. The van der Waals surface area contributed by atoms with Crippen LogP contribution in [0.1, 0.15) is 39.5 Å². The molecule has 1 aromatic rings. The molecular weight excluding hydrogens is 270 g/mol. The third-order valence-electron chi connectivity index (χ3n) is 2.27. The molecule has 0 aliphatic carbocycles. The number of carbonyl (C=O) groups is 1. The van der Waals surface area contributed by atoms with Crippen LogP contribution in [0.15, 0.2) is 4.34 Å². The van der Waals surface area contributed by atoms with E-state index in [0.717, 1.165) is 12.8 Å². The predicted octanol–water partition coefficient (Wildman–Crippen LogP) is 2.72. The summed E-state index contributed by atoms with van der Waals surface area (Å²) < 4.78 is 5.89. The second-order valence-electron chi connectivity index (χ2n) is 3.89. The van der Waals surface area contributed by atoms with Crippen LogP contribution in [-0.4, -0.2) is 28.0 Å². The number of unbranched alkanes of at least 4 members (excludes halogenated alkanes) is 3. The molecule has 0 fully saturated rings. The van der Waals surface area contributed by atoms with Crippen LogP contribution in [0.25, 0.3) is 0 Å². The quantitative estimate of drug-likeness (QED) is 0.450. The fourth-order valence-corrected chi connectivity index (χ4v) is 3.06. The molecule has 1 heterocycles. The molecule has 1 unspecified atom stereocenters. The summed E-state index contributed by atoms with van der Waals surface area (Å²) in [7, 11) is 0. The lowest BCUT2D eigenvalue weighted by molar-refractivity contribution is -0.142. The zero-order valence-electron chi connectivity index (χ0n) is 10.7. The van der Waals surface area contributed by atoms with E-state index in [9.17, 15) is 4.79 Å². The minimum Gasteiger partial charge on any atom is -0.465 e. The van der Waals surface area contributed by atoms with Gasteiger partial charge in [-0.05, 0) is 13.3 Å². The first-order chi connectivity index (χ1) is 8.63. The lowest BCUT2D eigenvalue weighted by atomic mass is 10.2. The Hall–Kier alpha value is -0.820. The highest BCUT2D eigenvalue weighted by Crippen LogP contribution is 2.27. The molecule has 0 radical (unpaired) electrons. The first-order valence-corrected chi connectivity index (χ1v) is 7.75. The van der Waals surface area contributed by atoms with Gasteiger partial charge in [0.15, 0.2) is 4.34 Å². The number of aromatic nitrogens is 2. The summed E-state index contributed by atoms with van der Waals surface area (Å²) in [5.74, 6) is -0.203. The lowest BCUT2D eigenvalue weighted by Gasteiger charge is -2.09. The maximum atomic E-state index is 11.7. The molecule has 0 aliphatic rings. The monoisotopic (exact) mass is 289 g/mol. The number of hydrogen-bond donors (Lipinski definition) is 1. The van der Waals surface area contributed by atoms with E-state index in [0.29, 0.717) is 16.1 Å². The molecule has 18 heavy (non-hydrogen) atoms. The van der Waals surface area contributed by atoms with Crippen molar-refractivity contribution in [3.8, 4) is 0 Å². The van der Waals surface area contributed by atoms with Crippen LogP contribution in [0, 0.1) is 0 Å². The minimum atomic E-state index is -0.275. The normalized spacial score (nSPS) is 12.3. The summed E-state index contributed by atoms with van der Waals surface area (Å²) in [6.45, 7) is 4.46. The van der Waals surface area contributed by atoms with Crippen molar-refractivity contribution in [2.24, 2.45) is 0 Å². The fourth-order valence-electron chi connectivity index (χ4n) is 1.29. The number of hydrogen-bond acceptors (Lipinski definition) is 7. The first-order valence-electron chi connectivity index (χ1n) is 6.05. The van der Waals surface area contributed by atoms with Crippen molar-refractivity contribution in [3.63, 3.8) is 0 Å². The molecule has 0 saturated heterocycles. The molecule has 0 aliphatic heterocycles. The fraction of sp³-hybridized carbons (Fsp3) is 0.727. The van der Waals surface area contributed by atoms with Crippen LogP contribution in [0.2, 0.25) is 0 Å². The van der Waals surface area contributed by atoms with Crippen LogP contribution < -0.4 is 5.73 Å². The Morgan fingerprint density at radius 3 is 2.83 bits per heavy atom. The smallest absolute Gasteiger partial charge is 0.319 e. The van der Waals surface area contributed by atoms with Gasteiger partial charge in [0.2, 0.25) is 5.13 Å². The van der Waals surface area contributed by atoms with Crippen molar-refractivity contribution in [1.29, 1.82) is 0 Å². The van der Waals surface area contributed by atoms with Crippen molar-refractivity contribution in [3.05, 3.63) is 0 Å². The second-order valence-corrected chi connectivity index (χ2v) is 6.49. The number of rotatable bonds is 8. The van der Waals surface area contributed by atoms with E-state index in [1.165, 1.54) is 35.9 Å². The SMILES string of the molecule is CCCCCCOC(=O)C(C)Sc1nnc(N)s1. The number of carbonyl (C=O) groups excluding carboxylic acids is 1. The van der Waals surface area contributed by atoms with E-state index in [4.69, 9.17) is 10.5 Å². The van der Waals surface area contributed by atoms with Crippen molar-refractivity contribution in [1.82, 2.24) is 10.2 Å². The third-order valence-corrected chi connectivity index (χ3v) is 4.19. The minimum absolute atomic E-state index is 0.203. The summed E-state index contributed by atoms with van der Waals surface area (Å²) >= 11 is 2.61. The summed E-state index contributed by atoms with van der Waals surface area (Å²) in [6, 6.07) is 0. The second kappa shape index (κ2) is 8.31. The topological polar surface area (TPSA) is 78.1 Å². The Labute approximate surface area is 116 Å². The van der Waals surface area contributed by atoms with Gasteiger partial charge in [0.05, 0.1) is 6.61 Å². The molecular formula is C11H19N3O2S2. The van der Waals surface area contributed by atoms with Gasteiger partial charge in [-0.25, -0.2) is 0 Å². The van der Waals surface area contributed by atoms with Gasteiger partial charge in [-0.3, -0.25) is 4.79 Å². The van der Waals surface area contributed by atoms with Gasteiger partial charge in [0.25, 0.3) is 0 Å². The number of nitrogens with two attached hydrogens (primary N) is 1. The summed E-state index contributed by atoms with van der Waals surface area (Å²) in [5.41, 5.74) is 5.47. The van der Waals surface area contributed by atoms with E-state index >= 15 is 0 Å². The number of ether oxygens (including phenoxy) is 1. The lowest BCUT2D eigenvalue weighted by Crippen LogP contribution is -2.17. The van der Waals surface area contributed by atoms with E-state index in [2.05, 4.69) is 17.1 Å². The van der Waals surface area contributed by atoms with E-state index in [1.54, 1.807) is 6.92 Å². The van der Waals surface area contributed by atoms with Crippen LogP contribution in [0.4, 0.5) is 5.13 Å². The highest BCUT2D eigenvalue weighted by Gasteiger charge is 2.17. The van der Waals surface area contributed by atoms with Crippen molar-refractivity contribution < 1.29 is 9.53 Å². The molecule has 102 valence electrons. The number of nitrogen functional groups attached to an aromatic ring is 1. The zero-order chi connectivity index (χ0) is 13.4. The van der Waals surface area contributed by atoms with E-state index < -0.39 is 0 Å². The maximum Gasteiger partial charge on any atom is 0.319 e. The standard InChI is InChI=1S/C11H19N3O2S2/c1-3-4-5-6-7-16-9(15)8(2)17-11-14-13-10(12)18-11/h8H,3-7H2,1-2H3,(H2,12,13). The Morgan fingerprint density at radius 2 is 2.22 bits per heavy atom. The largest absolute Gasteiger partial charge is 0.465 e. The molecule has 1 rings (SSSR count). The van der Waals surface area contributed by atoms with Gasteiger partial charge < -0.3 is 10.5 Å². The van der Waals surface area contributed by atoms with Gasteiger partial charge >= 0.3 is 5.97 Å². The Morgan fingerprint density at radius 1 is 1.44 bits per heavy atom. The van der Waals surface area contributed by atoms with Gasteiger partial charge in [-0.15, -0.1) is 10.2 Å². The van der Waals surface area contributed by atoms with Gasteiger partial charge in [0.1, 0.15) is 5.25 Å². The molecule has 2 N–H and O–H groups in total. The van der Waals surface area contributed by atoms with E-state index in [1.807, 2.05) is 0 Å². The highest BCUT2D eigenvalue weighted by molar-refractivity contribution is 8.02. The Bertz CT molecular complexity index is 371. The summed E-state index contributed by atoms with van der Waals surface area (Å²) in [4.78, 5) is 11.7. The van der Waals surface area contributed by atoms with Crippen LogP contribution in [-0.2, 0) is 9.53 Å². The number of nitrogens with zero attached hydrogens (tertiary/aromatic N) is 2. The van der Waals surface area contributed by atoms with Crippen molar-refractivity contribution in [2.75, 3.05) is 12.3 Å². The summed E-state index contributed by atoms with van der Waals surface area (Å²) in [6.07, 6.45) is 4.41. The van der Waals surface area contributed by atoms with Crippen molar-refractivity contribution in [2.45, 2.75) is 49.1 Å². The molecule has 1 atom stereocenters. The average Bonchev–Trinajstić information content (AvgIpc) is 2.74. The first kappa shape index (κ1) is 15.2. The van der Waals surface area contributed by atoms with Gasteiger partial charge in [-0.2, -0.15) is 0 Å². The predicted molar refractivity (Wildman–Crippen MR) is 74.7 cm³/mol. The van der Waals surface area contributed by atoms with Crippen LogP contribution in [0.5, 0.6) is 0 Å². The van der Waals surface area contributed by atoms with E-state index in [-0.39, 0.29) is 11.2 Å². The highest BCUT2D eigenvalue weighted by atomic mass is 32.2. The molecule has 5 nitrogen and oxygen atoms in total. The molecule has 0 amide bonds. The number of esters is 1. The maximum absolute atomic E-state index is 11.7. The molecule has 0 aromatic carbocycles. The molecule has 0 spiro atoms. The Kier molecular flexibility index (Phi) is 7.04. The van der Waals surface area contributed by atoms with Gasteiger partial charge in [-0.1, -0.05) is 49.3 Å². The molecule has 0 saturated carbocycles. The van der Waals surface area contributed by atoms with Crippen molar-refractivity contribution >= 4 is 34.2 Å². The number of anilines is 1.